The van der Waals surface area contributed by atoms with Crippen LogP contribution in [0.15, 0.2) is 0 Å². The molecule has 0 amide bonds. The molecule has 0 aromatic carbocycles. The molecule has 0 saturated heterocycles. The normalized spacial score (nSPS) is 12.3. The standard InChI is InChI=1S/C19H37BrO2/c1-3-5-6-11-14-18(4-2)17-19(21)22-16-13-10-8-7-9-12-15-20/h18H,3-17H2,1-2H3. The minimum absolute atomic E-state index is 0.0154. The van der Waals surface area contributed by atoms with Crippen molar-refractivity contribution in [1.29, 1.82) is 0 Å². The van der Waals surface area contributed by atoms with Crippen molar-refractivity contribution < 1.29 is 9.53 Å². The number of hydrogen-bond donors (Lipinski definition) is 0. The second-order valence-corrected chi connectivity index (χ2v) is 7.15. The van der Waals surface area contributed by atoms with Crippen LogP contribution < -0.4 is 0 Å². The van der Waals surface area contributed by atoms with Crippen molar-refractivity contribution in [3.63, 3.8) is 0 Å². The molecule has 0 spiro atoms. The highest BCUT2D eigenvalue weighted by Crippen LogP contribution is 2.18. The smallest absolute Gasteiger partial charge is 0.306 e. The molecule has 0 rings (SSSR count). The second kappa shape index (κ2) is 17.3. The molecule has 0 aliphatic carbocycles. The van der Waals surface area contributed by atoms with Crippen molar-refractivity contribution in [2.24, 2.45) is 5.92 Å². The molecule has 0 aromatic rings. The van der Waals surface area contributed by atoms with Gasteiger partial charge in [0.05, 0.1) is 6.61 Å². The average Bonchev–Trinajstić information content (AvgIpc) is 2.52. The first-order valence-corrected chi connectivity index (χ1v) is 10.6. The summed E-state index contributed by atoms with van der Waals surface area (Å²) in [6.45, 7) is 5.03. The van der Waals surface area contributed by atoms with E-state index in [1.807, 2.05) is 0 Å². The van der Waals surface area contributed by atoms with Crippen LogP contribution in [0.5, 0.6) is 0 Å². The molecular formula is C19H37BrO2. The fourth-order valence-corrected chi connectivity index (χ4v) is 3.09. The van der Waals surface area contributed by atoms with Crippen LogP contribution >= 0.6 is 15.9 Å². The molecule has 132 valence electrons. The Morgan fingerprint density at radius 2 is 1.55 bits per heavy atom. The molecule has 0 radical (unpaired) electrons. The van der Waals surface area contributed by atoms with Crippen LogP contribution in [0, 0.1) is 5.92 Å². The van der Waals surface area contributed by atoms with Crippen LogP contribution in [0.25, 0.3) is 0 Å². The van der Waals surface area contributed by atoms with Gasteiger partial charge in [0.25, 0.3) is 0 Å². The Hall–Kier alpha value is -0.0500. The monoisotopic (exact) mass is 376 g/mol. The lowest BCUT2D eigenvalue weighted by molar-refractivity contribution is -0.145. The number of halogens is 1. The predicted molar refractivity (Wildman–Crippen MR) is 99.6 cm³/mol. The van der Waals surface area contributed by atoms with E-state index < -0.39 is 0 Å². The minimum atomic E-state index is 0.0154. The lowest BCUT2D eigenvalue weighted by Crippen LogP contribution is -2.12. The first kappa shape index (κ1) is 21.9. The van der Waals surface area contributed by atoms with Crippen molar-refractivity contribution >= 4 is 21.9 Å². The molecule has 0 aliphatic heterocycles. The highest BCUT2D eigenvalue weighted by atomic mass is 79.9. The van der Waals surface area contributed by atoms with Crippen LogP contribution in [-0.4, -0.2) is 17.9 Å². The molecule has 0 heterocycles. The van der Waals surface area contributed by atoms with E-state index in [9.17, 15) is 4.79 Å². The van der Waals surface area contributed by atoms with Gasteiger partial charge in [0, 0.05) is 11.8 Å². The van der Waals surface area contributed by atoms with E-state index >= 15 is 0 Å². The maximum Gasteiger partial charge on any atom is 0.306 e. The van der Waals surface area contributed by atoms with Crippen LogP contribution in [0.4, 0.5) is 0 Å². The second-order valence-electron chi connectivity index (χ2n) is 6.36. The van der Waals surface area contributed by atoms with E-state index in [1.54, 1.807) is 0 Å². The van der Waals surface area contributed by atoms with Gasteiger partial charge in [0.1, 0.15) is 0 Å². The van der Waals surface area contributed by atoms with Gasteiger partial charge in [-0.15, -0.1) is 0 Å². The third-order valence-electron chi connectivity index (χ3n) is 4.29. The Bertz CT molecular complexity index is 244. The van der Waals surface area contributed by atoms with E-state index in [-0.39, 0.29) is 5.97 Å². The molecule has 0 aromatic heterocycles. The van der Waals surface area contributed by atoms with Crippen molar-refractivity contribution in [1.82, 2.24) is 0 Å². The van der Waals surface area contributed by atoms with Crippen molar-refractivity contribution in [3.05, 3.63) is 0 Å². The molecule has 2 nitrogen and oxygen atoms in total. The third-order valence-corrected chi connectivity index (χ3v) is 4.85. The van der Waals surface area contributed by atoms with E-state index in [2.05, 4.69) is 29.8 Å². The molecule has 0 bridgehead atoms. The first-order chi connectivity index (χ1) is 10.7. The molecule has 0 saturated carbocycles. The Morgan fingerprint density at radius 1 is 0.909 bits per heavy atom. The molecule has 0 aliphatic rings. The van der Waals surface area contributed by atoms with Gasteiger partial charge < -0.3 is 4.74 Å². The summed E-state index contributed by atoms with van der Waals surface area (Å²) in [5, 5.41) is 1.11. The van der Waals surface area contributed by atoms with Gasteiger partial charge in [-0.05, 0) is 25.2 Å². The number of hydrogen-bond acceptors (Lipinski definition) is 2. The van der Waals surface area contributed by atoms with Gasteiger partial charge in [0.15, 0.2) is 0 Å². The summed E-state index contributed by atoms with van der Waals surface area (Å²) in [6.07, 6.45) is 15.4. The quantitative estimate of drug-likeness (QED) is 0.171. The summed E-state index contributed by atoms with van der Waals surface area (Å²) < 4.78 is 5.38. The topological polar surface area (TPSA) is 26.3 Å². The average molecular weight is 377 g/mol. The molecule has 1 atom stereocenters. The summed E-state index contributed by atoms with van der Waals surface area (Å²) in [6, 6.07) is 0. The zero-order valence-corrected chi connectivity index (χ0v) is 16.5. The summed E-state index contributed by atoms with van der Waals surface area (Å²) >= 11 is 3.45. The van der Waals surface area contributed by atoms with Crippen molar-refractivity contribution in [3.8, 4) is 0 Å². The number of esters is 1. The maximum atomic E-state index is 11.8. The SMILES string of the molecule is CCCCCCC(CC)CC(=O)OCCCCCCCCBr. The lowest BCUT2D eigenvalue weighted by atomic mass is 9.95. The number of alkyl halides is 1. The summed E-state index contributed by atoms with van der Waals surface area (Å²) in [5.41, 5.74) is 0. The van der Waals surface area contributed by atoms with Crippen LogP contribution in [0.1, 0.15) is 97.3 Å². The molecular weight excluding hydrogens is 340 g/mol. The van der Waals surface area contributed by atoms with Gasteiger partial charge in [-0.25, -0.2) is 0 Å². The van der Waals surface area contributed by atoms with Crippen molar-refractivity contribution in [2.75, 3.05) is 11.9 Å². The largest absolute Gasteiger partial charge is 0.466 e. The summed E-state index contributed by atoms with van der Waals surface area (Å²) in [5.74, 6) is 0.537. The highest BCUT2D eigenvalue weighted by molar-refractivity contribution is 9.09. The van der Waals surface area contributed by atoms with Crippen LogP contribution in [0.2, 0.25) is 0 Å². The fourth-order valence-electron chi connectivity index (χ4n) is 2.69. The summed E-state index contributed by atoms with van der Waals surface area (Å²) in [7, 11) is 0. The van der Waals surface area contributed by atoms with Gasteiger partial charge >= 0.3 is 5.97 Å². The minimum Gasteiger partial charge on any atom is -0.466 e. The predicted octanol–water partition coefficient (Wildman–Crippen LogP) is 6.65. The van der Waals surface area contributed by atoms with Gasteiger partial charge in [-0.3, -0.25) is 4.79 Å². The molecule has 1 unspecified atom stereocenters. The van der Waals surface area contributed by atoms with Crippen LogP contribution in [0.3, 0.4) is 0 Å². The van der Waals surface area contributed by atoms with Crippen LogP contribution in [-0.2, 0) is 9.53 Å². The van der Waals surface area contributed by atoms with Gasteiger partial charge in [0.2, 0.25) is 0 Å². The Morgan fingerprint density at radius 3 is 2.18 bits per heavy atom. The zero-order chi connectivity index (χ0) is 16.5. The van der Waals surface area contributed by atoms with E-state index in [4.69, 9.17) is 4.74 Å². The van der Waals surface area contributed by atoms with Crippen molar-refractivity contribution in [2.45, 2.75) is 97.3 Å². The van der Waals surface area contributed by atoms with E-state index in [1.165, 1.54) is 64.2 Å². The molecule has 22 heavy (non-hydrogen) atoms. The maximum absolute atomic E-state index is 11.8. The van der Waals surface area contributed by atoms with Gasteiger partial charge in [-0.1, -0.05) is 87.6 Å². The number of carbonyl (C=O) groups excluding carboxylic acids is 1. The lowest BCUT2D eigenvalue weighted by Gasteiger charge is -2.14. The number of ether oxygens (including phenoxy) is 1. The van der Waals surface area contributed by atoms with E-state index in [0.29, 0.717) is 18.9 Å². The van der Waals surface area contributed by atoms with E-state index in [0.717, 1.165) is 18.2 Å². The molecule has 0 fully saturated rings. The first-order valence-electron chi connectivity index (χ1n) is 9.46. The zero-order valence-electron chi connectivity index (χ0n) is 14.9. The third kappa shape index (κ3) is 14.9. The number of unbranched alkanes of at least 4 members (excludes halogenated alkanes) is 8. The summed E-state index contributed by atoms with van der Waals surface area (Å²) in [4.78, 5) is 11.8. The Balaban J connectivity index is 3.49. The highest BCUT2D eigenvalue weighted by Gasteiger charge is 2.12. The fraction of sp³-hybridized carbons (Fsp3) is 0.947. The molecule has 0 N–H and O–H groups in total. The number of carbonyl (C=O) groups is 1. The number of rotatable bonds is 16. The Kier molecular flexibility index (Phi) is 17.3. The Labute approximate surface area is 146 Å². The molecule has 3 heteroatoms. The van der Waals surface area contributed by atoms with Gasteiger partial charge in [-0.2, -0.15) is 0 Å².